The number of ether oxygens (including phenoxy) is 1. The Morgan fingerprint density at radius 3 is 2.56 bits per heavy atom. The second kappa shape index (κ2) is 12.3. The predicted molar refractivity (Wildman–Crippen MR) is 116 cm³/mol. The minimum Gasteiger partial charge on any atom is -0.463 e. The molecule has 148 valence electrons. The van der Waals surface area contributed by atoms with Gasteiger partial charge in [-0.15, -0.1) is 6.58 Å². The van der Waals surface area contributed by atoms with Crippen molar-refractivity contribution in [2.75, 3.05) is 13.7 Å². The summed E-state index contributed by atoms with van der Waals surface area (Å²) in [5.41, 5.74) is 1.47. The van der Waals surface area contributed by atoms with Gasteiger partial charge in [-0.25, -0.2) is 4.79 Å². The highest BCUT2D eigenvalue weighted by molar-refractivity contribution is 6.91. The third kappa shape index (κ3) is 7.95. The second-order valence-corrected chi connectivity index (χ2v) is 11.8. The van der Waals surface area contributed by atoms with Crippen LogP contribution in [-0.4, -0.2) is 33.5 Å². The van der Waals surface area contributed by atoms with Crippen molar-refractivity contribution in [3.63, 3.8) is 0 Å². The third-order valence-corrected chi connectivity index (χ3v) is 9.03. The summed E-state index contributed by atoms with van der Waals surface area (Å²) in [7, 11) is -0.0784. The lowest BCUT2D eigenvalue weighted by Crippen LogP contribution is -2.45. The van der Waals surface area contributed by atoms with Gasteiger partial charge in [-0.2, -0.15) is 0 Å². The first-order chi connectivity index (χ1) is 13.0. The van der Waals surface area contributed by atoms with Gasteiger partial charge in [-0.05, 0) is 38.1 Å². The molecule has 0 aliphatic heterocycles. The molecule has 5 heteroatoms. The van der Waals surface area contributed by atoms with Crippen LogP contribution in [0.2, 0.25) is 18.6 Å². The van der Waals surface area contributed by atoms with Crippen molar-refractivity contribution in [2.45, 2.75) is 51.2 Å². The molecule has 0 aliphatic carbocycles. The van der Waals surface area contributed by atoms with Crippen LogP contribution in [0.3, 0.4) is 0 Å². The topological polar surface area (TPSA) is 47.9 Å². The van der Waals surface area contributed by atoms with Gasteiger partial charge in [-0.1, -0.05) is 65.9 Å². The van der Waals surface area contributed by atoms with E-state index in [1.54, 1.807) is 14.0 Å². The maximum absolute atomic E-state index is 11.3. The summed E-state index contributed by atoms with van der Waals surface area (Å²) in [6.45, 7) is 11.1. The number of oxime groups is 1. The lowest BCUT2D eigenvalue weighted by Gasteiger charge is -2.31. The SMILES string of the molecule is C=C[C@H](CC/C(CC/C=C/C(=O)OCC)=N\OC)[Si](C)(C)c1ccccc1. The van der Waals surface area contributed by atoms with Crippen molar-refractivity contribution >= 4 is 24.9 Å². The van der Waals surface area contributed by atoms with Crippen LogP contribution < -0.4 is 5.19 Å². The maximum Gasteiger partial charge on any atom is 0.330 e. The molecule has 4 nitrogen and oxygen atoms in total. The van der Waals surface area contributed by atoms with Gasteiger partial charge in [0.2, 0.25) is 0 Å². The molecular formula is C22H33NO3Si. The van der Waals surface area contributed by atoms with Gasteiger partial charge in [0.05, 0.1) is 20.4 Å². The van der Waals surface area contributed by atoms with Gasteiger partial charge < -0.3 is 9.57 Å². The van der Waals surface area contributed by atoms with E-state index in [0.717, 1.165) is 31.4 Å². The van der Waals surface area contributed by atoms with Crippen LogP contribution in [-0.2, 0) is 14.4 Å². The largest absolute Gasteiger partial charge is 0.463 e. The highest BCUT2D eigenvalue weighted by Gasteiger charge is 2.31. The Bertz CT molecular complexity index is 638. The molecule has 1 aromatic rings. The maximum atomic E-state index is 11.3. The molecule has 1 rings (SSSR count). The van der Waals surface area contributed by atoms with Gasteiger partial charge in [0.25, 0.3) is 0 Å². The Hall–Kier alpha value is -2.14. The summed E-state index contributed by atoms with van der Waals surface area (Å²) < 4.78 is 4.88. The quantitative estimate of drug-likeness (QED) is 0.129. The summed E-state index contributed by atoms with van der Waals surface area (Å²) in [4.78, 5) is 16.4. The zero-order valence-corrected chi connectivity index (χ0v) is 18.1. The molecule has 1 atom stereocenters. The van der Waals surface area contributed by atoms with Gasteiger partial charge in [-0.3, -0.25) is 0 Å². The lowest BCUT2D eigenvalue weighted by atomic mass is 10.1. The van der Waals surface area contributed by atoms with Gasteiger partial charge in [0, 0.05) is 6.08 Å². The smallest absolute Gasteiger partial charge is 0.330 e. The van der Waals surface area contributed by atoms with E-state index < -0.39 is 8.07 Å². The van der Waals surface area contributed by atoms with E-state index in [4.69, 9.17) is 9.57 Å². The summed E-state index contributed by atoms with van der Waals surface area (Å²) in [5, 5.41) is 5.63. The van der Waals surface area contributed by atoms with Crippen molar-refractivity contribution in [3.05, 3.63) is 55.1 Å². The van der Waals surface area contributed by atoms with Crippen molar-refractivity contribution in [2.24, 2.45) is 5.16 Å². The molecule has 0 fully saturated rings. The van der Waals surface area contributed by atoms with Crippen molar-refractivity contribution < 1.29 is 14.4 Å². The number of nitrogens with zero attached hydrogens (tertiary/aromatic N) is 1. The van der Waals surface area contributed by atoms with Crippen molar-refractivity contribution in [1.29, 1.82) is 0 Å². The first-order valence-electron chi connectivity index (χ1n) is 9.56. The molecule has 0 N–H and O–H groups in total. The zero-order chi connectivity index (χ0) is 20.1. The molecule has 0 saturated carbocycles. The fraction of sp³-hybridized carbons (Fsp3) is 0.455. The van der Waals surface area contributed by atoms with Crippen molar-refractivity contribution in [3.8, 4) is 0 Å². The molecule has 0 aliphatic rings. The average Bonchev–Trinajstić information content (AvgIpc) is 2.66. The Kier molecular flexibility index (Phi) is 10.4. The molecule has 0 heterocycles. The minimum atomic E-state index is -1.65. The number of allylic oxidation sites excluding steroid dienone is 2. The van der Waals surface area contributed by atoms with E-state index >= 15 is 0 Å². The fourth-order valence-electron chi connectivity index (χ4n) is 3.14. The second-order valence-electron chi connectivity index (χ2n) is 7.00. The number of benzene rings is 1. The summed E-state index contributed by atoms with van der Waals surface area (Å²) in [6, 6.07) is 10.7. The summed E-state index contributed by atoms with van der Waals surface area (Å²) in [5.74, 6) is -0.301. The molecule has 0 aromatic heterocycles. The molecule has 0 amide bonds. The number of carbonyl (C=O) groups excluding carboxylic acids is 1. The van der Waals surface area contributed by atoms with Crippen LogP contribution in [0.15, 0.2) is 60.3 Å². The molecule has 27 heavy (non-hydrogen) atoms. The number of hydrogen-bond donors (Lipinski definition) is 0. The van der Waals surface area contributed by atoms with Crippen LogP contribution in [0.25, 0.3) is 0 Å². The highest BCUT2D eigenvalue weighted by Crippen LogP contribution is 2.28. The van der Waals surface area contributed by atoms with Crippen LogP contribution in [0.4, 0.5) is 0 Å². The lowest BCUT2D eigenvalue weighted by molar-refractivity contribution is -0.137. The summed E-state index contributed by atoms with van der Waals surface area (Å²) >= 11 is 0. The Labute approximate surface area is 165 Å². The van der Waals surface area contributed by atoms with E-state index in [9.17, 15) is 4.79 Å². The van der Waals surface area contributed by atoms with Gasteiger partial charge >= 0.3 is 5.97 Å². The van der Waals surface area contributed by atoms with E-state index in [2.05, 4.69) is 61.2 Å². The Morgan fingerprint density at radius 2 is 1.96 bits per heavy atom. The Balaban J connectivity index is 2.65. The average molecular weight is 388 g/mol. The highest BCUT2D eigenvalue weighted by atomic mass is 28.3. The van der Waals surface area contributed by atoms with E-state index in [1.807, 2.05) is 6.08 Å². The number of rotatable bonds is 12. The molecular weight excluding hydrogens is 354 g/mol. The van der Waals surface area contributed by atoms with Crippen molar-refractivity contribution in [1.82, 2.24) is 0 Å². The fourth-order valence-corrected chi connectivity index (χ4v) is 6.08. The normalized spacial score (nSPS) is 13.4. The predicted octanol–water partition coefficient (Wildman–Crippen LogP) is 4.84. The molecule has 0 bridgehead atoms. The standard InChI is InChI=1S/C22H33NO3Si/c1-6-20(27(4,5)21-14-9-8-10-15-21)18-17-19(23-25-3)13-11-12-16-22(24)26-7-2/h6,8-10,12,14-16,20H,1,7,11,13,17-18H2,2-5H3/b16-12+,23-19-/t20-/m1/s1. The first kappa shape index (κ1) is 22.9. The number of carbonyl (C=O) groups is 1. The van der Waals surface area contributed by atoms with Gasteiger partial charge in [0.15, 0.2) is 0 Å². The van der Waals surface area contributed by atoms with Crippen LogP contribution in [0.5, 0.6) is 0 Å². The molecule has 0 spiro atoms. The number of hydrogen-bond acceptors (Lipinski definition) is 4. The van der Waals surface area contributed by atoms with E-state index in [0.29, 0.717) is 12.1 Å². The first-order valence-corrected chi connectivity index (χ1v) is 12.6. The Morgan fingerprint density at radius 1 is 1.26 bits per heavy atom. The van der Waals surface area contributed by atoms with Crippen LogP contribution in [0, 0.1) is 0 Å². The van der Waals surface area contributed by atoms with Crippen LogP contribution in [0.1, 0.15) is 32.6 Å². The minimum absolute atomic E-state index is 0.301. The molecule has 0 unspecified atom stereocenters. The monoisotopic (exact) mass is 387 g/mol. The third-order valence-electron chi connectivity index (χ3n) is 4.83. The van der Waals surface area contributed by atoms with E-state index in [-0.39, 0.29) is 5.97 Å². The van der Waals surface area contributed by atoms with Crippen LogP contribution >= 0.6 is 0 Å². The molecule has 0 radical (unpaired) electrons. The molecule has 1 aromatic carbocycles. The molecule has 0 saturated heterocycles. The zero-order valence-electron chi connectivity index (χ0n) is 17.1. The number of esters is 1. The van der Waals surface area contributed by atoms with Gasteiger partial charge in [0.1, 0.15) is 7.11 Å². The summed E-state index contributed by atoms with van der Waals surface area (Å²) in [6.07, 6.45) is 8.77. The van der Waals surface area contributed by atoms with E-state index in [1.165, 1.54) is 11.3 Å².